The van der Waals surface area contributed by atoms with Gasteiger partial charge in [-0.25, -0.2) is 8.42 Å². The maximum absolute atomic E-state index is 13.0. The number of anilines is 2. The van der Waals surface area contributed by atoms with Crippen molar-refractivity contribution in [1.29, 1.82) is 0 Å². The summed E-state index contributed by atoms with van der Waals surface area (Å²) in [6, 6.07) is 24.5. The lowest BCUT2D eigenvalue weighted by atomic mass is 10.2. The van der Waals surface area contributed by atoms with E-state index in [1.807, 2.05) is 36.4 Å². The minimum Gasteiger partial charge on any atom is -0.364 e. The van der Waals surface area contributed by atoms with Crippen molar-refractivity contribution in [2.75, 3.05) is 16.7 Å². The Morgan fingerprint density at radius 2 is 1.60 bits per heavy atom. The van der Waals surface area contributed by atoms with Crippen molar-refractivity contribution in [1.82, 2.24) is 0 Å². The summed E-state index contributed by atoms with van der Waals surface area (Å²) in [6.07, 6.45) is -0.697. The fourth-order valence-electron chi connectivity index (χ4n) is 2.78. The average molecular weight is 425 g/mol. The number of benzene rings is 3. The lowest BCUT2D eigenvalue weighted by Gasteiger charge is -2.20. The SMILES string of the molecule is CC(OCc1ccccc1)C(=O)Nc1cccc(S(=O)(=O)N(C)c2ccccc2)c1. The number of nitrogens with one attached hydrogen (secondary N) is 1. The molecule has 1 atom stereocenters. The van der Waals surface area contributed by atoms with Crippen LogP contribution in [-0.2, 0) is 26.2 Å². The minimum absolute atomic E-state index is 0.0875. The Labute approximate surface area is 177 Å². The topological polar surface area (TPSA) is 75.7 Å². The number of hydrogen-bond donors (Lipinski definition) is 1. The number of carbonyl (C=O) groups is 1. The predicted molar refractivity (Wildman–Crippen MR) is 118 cm³/mol. The summed E-state index contributed by atoms with van der Waals surface area (Å²) in [5.41, 5.74) is 1.90. The fraction of sp³-hybridized carbons (Fsp3) is 0.174. The summed E-state index contributed by atoms with van der Waals surface area (Å²) in [6.45, 7) is 1.97. The molecule has 0 heterocycles. The van der Waals surface area contributed by atoms with E-state index in [9.17, 15) is 13.2 Å². The molecule has 0 saturated carbocycles. The molecule has 3 aromatic rings. The van der Waals surface area contributed by atoms with E-state index < -0.39 is 16.1 Å². The zero-order valence-electron chi connectivity index (χ0n) is 16.9. The number of ether oxygens (including phenoxy) is 1. The Hall–Kier alpha value is -3.16. The summed E-state index contributed by atoms with van der Waals surface area (Å²) >= 11 is 0. The third kappa shape index (κ3) is 5.25. The Morgan fingerprint density at radius 1 is 0.967 bits per heavy atom. The van der Waals surface area contributed by atoms with Gasteiger partial charge in [-0.1, -0.05) is 54.6 Å². The van der Waals surface area contributed by atoms with Crippen LogP contribution >= 0.6 is 0 Å². The Balaban J connectivity index is 1.68. The molecule has 0 bridgehead atoms. The number of hydrogen-bond acceptors (Lipinski definition) is 4. The minimum atomic E-state index is -3.77. The van der Waals surface area contributed by atoms with Gasteiger partial charge in [0.2, 0.25) is 0 Å². The Morgan fingerprint density at radius 3 is 2.27 bits per heavy atom. The largest absolute Gasteiger partial charge is 0.364 e. The standard InChI is InChI=1S/C23H24N2O4S/c1-18(29-17-19-10-5-3-6-11-19)23(26)24-20-12-9-15-22(16-20)30(27,28)25(2)21-13-7-4-8-14-21/h3-16,18H,17H2,1-2H3,(H,24,26). The summed E-state index contributed by atoms with van der Waals surface area (Å²) in [5.74, 6) is -0.350. The van der Waals surface area contributed by atoms with Crippen LogP contribution in [0.15, 0.2) is 89.8 Å². The van der Waals surface area contributed by atoms with Crippen molar-refractivity contribution in [3.05, 3.63) is 90.5 Å². The average Bonchev–Trinajstić information content (AvgIpc) is 2.78. The number of para-hydroxylation sites is 1. The molecule has 6 nitrogen and oxygen atoms in total. The van der Waals surface area contributed by atoms with Crippen molar-refractivity contribution in [2.24, 2.45) is 0 Å². The maximum Gasteiger partial charge on any atom is 0.264 e. The third-order valence-corrected chi connectivity index (χ3v) is 6.37. The predicted octanol–water partition coefficient (Wildman–Crippen LogP) is 4.06. The first-order valence-electron chi connectivity index (χ1n) is 9.48. The molecule has 0 radical (unpaired) electrons. The highest BCUT2D eigenvalue weighted by Crippen LogP contribution is 2.23. The molecule has 3 rings (SSSR count). The molecule has 0 aliphatic rings. The molecule has 7 heteroatoms. The second-order valence-electron chi connectivity index (χ2n) is 6.76. The van der Waals surface area contributed by atoms with E-state index in [0.717, 1.165) is 5.56 Å². The molecule has 0 aromatic heterocycles. The summed E-state index contributed by atoms with van der Waals surface area (Å²) < 4.78 is 32.7. The highest BCUT2D eigenvalue weighted by atomic mass is 32.2. The highest BCUT2D eigenvalue weighted by Gasteiger charge is 2.22. The van der Waals surface area contributed by atoms with Gasteiger partial charge >= 0.3 is 0 Å². The summed E-state index contributed by atoms with van der Waals surface area (Å²) in [4.78, 5) is 12.5. The monoisotopic (exact) mass is 424 g/mol. The van der Waals surface area contributed by atoms with E-state index in [4.69, 9.17) is 4.74 Å². The third-order valence-electron chi connectivity index (χ3n) is 4.59. The van der Waals surface area contributed by atoms with Crippen molar-refractivity contribution in [2.45, 2.75) is 24.5 Å². The highest BCUT2D eigenvalue weighted by molar-refractivity contribution is 7.92. The number of rotatable bonds is 8. The lowest BCUT2D eigenvalue weighted by molar-refractivity contribution is -0.127. The van der Waals surface area contributed by atoms with Crippen LogP contribution in [-0.4, -0.2) is 27.5 Å². The van der Waals surface area contributed by atoms with E-state index in [1.165, 1.54) is 23.5 Å². The Bertz CT molecular complexity index is 1090. The fourth-order valence-corrected chi connectivity index (χ4v) is 4.03. The molecule has 0 saturated heterocycles. The van der Waals surface area contributed by atoms with Gasteiger partial charge in [0.25, 0.3) is 15.9 Å². The van der Waals surface area contributed by atoms with Gasteiger partial charge in [-0.3, -0.25) is 9.10 Å². The molecule has 3 aromatic carbocycles. The molecule has 0 fully saturated rings. The van der Waals surface area contributed by atoms with Crippen LogP contribution in [0.3, 0.4) is 0 Å². The number of nitrogens with zero attached hydrogens (tertiary/aromatic N) is 1. The van der Waals surface area contributed by atoms with Crippen LogP contribution in [0, 0.1) is 0 Å². The molecule has 0 aliphatic heterocycles. The maximum atomic E-state index is 13.0. The van der Waals surface area contributed by atoms with E-state index in [0.29, 0.717) is 18.0 Å². The van der Waals surface area contributed by atoms with E-state index >= 15 is 0 Å². The van der Waals surface area contributed by atoms with Gasteiger partial charge in [-0.15, -0.1) is 0 Å². The van der Waals surface area contributed by atoms with Gasteiger partial charge in [0.05, 0.1) is 17.2 Å². The number of carbonyl (C=O) groups excluding carboxylic acids is 1. The zero-order valence-corrected chi connectivity index (χ0v) is 17.7. The molecular weight excluding hydrogens is 400 g/mol. The van der Waals surface area contributed by atoms with Crippen molar-refractivity contribution < 1.29 is 17.9 Å². The van der Waals surface area contributed by atoms with Crippen molar-refractivity contribution in [3.8, 4) is 0 Å². The van der Waals surface area contributed by atoms with E-state index in [-0.39, 0.29) is 10.8 Å². The first-order chi connectivity index (χ1) is 14.4. The van der Waals surface area contributed by atoms with Gasteiger partial charge in [-0.05, 0) is 42.8 Å². The quantitative estimate of drug-likeness (QED) is 0.592. The van der Waals surface area contributed by atoms with Gasteiger partial charge < -0.3 is 10.1 Å². The first kappa shape index (κ1) is 21.5. The number of sulfonamides is 1. The van der Waals surface area contributed by atoms with Gasteiger partial charge in [0, 0.05) is 12.7 Å². The van der Waals surface area contributed by atoms with E-state index in [2.05, 4.69) is 5.32 Å². The molecule has 0 aliphatic carbocycles. The summed E-state index contributed by atoms with van der Waals surface area (Å²) in [5, 5.41) is 2.72. The Kier molecular flexibility index (Phi) is 6.87. The van der Waals surface area contributed by atoms with Crippen LogP contribution < -0.4 is 9.62 Å². The smallest absolute Gasteiger partial charge is 0.264 e. The molecule has 156 valence electrons. The molecular formula is C23H24N2O4S. The van der Waals surface area contributed by atoms with Crippen LogP contribution in [0.5, 0.6) is 0 Å². The van der Waals surface area contributed by atoms with Crippen LogP contribution in [0.2, 0.25) is 0 Å². The molecule has 30 heavy (non-hydrogen) atoms. The second-order valence-corrected chi connectivity index (χ2v) is 8.73. The molecule has 0 spiro atoms. The normalized spacial score (nSPS) is 12.2. The zero-order chi connectivity index (χ0) is 21.6. The van der Waals surface area contributed by atoms with Gasteiger partial charge in [0.1, 0.15) is 6.10 Å². The van der Waals surface area contributed by atoms with Crippen LogP contribution in [0.4, 0.5) is 11.4 Å². The van der Waals surface area contributed by atoms with Crippen LogP contribution in [0.1, 0.15) is 12.5 Å². The van der Waals surface area contributed by atoms with Gasteiger partial charge in [0.15, 0.2) is 0 Å². The molecule has 1 amide bonds. The summed E-state index contributed by atoms with van der Waals surface area (Å²) in [7, 11) is -2.27. The van der Waals surface area contributed by atoms with Crippen LogP contribution in [0.25, 0.3) is 0 Å². The van der Waals surface area contributed by atoms with E-state index in [1.54, 1.807) is 43.3 Å². The van der Waals surface area contributed by atoms with Gasteiger partial charge in [-0.2, -0.15) is 0 Å². The number of amides is 1. The lowest BCUT2D eigenvalue weighted by Crippen LogP contribution is -2.28. The van der Waals surface area contributed by atoms with Crippen molar-refractivity contribution in [3.63, 3.8) is 0 Å². The van der Waals surface area contributed by atoms with Crippen molar-refractivity contribution >= 4 is 27.3 Å². The first-order valence-corrected chi connectivity index (χ1v) is 10.9. The second kappa shape index (κ2) is 9.56. The molecule has 1 unspecified atom stereocenters. The molecule has 1 N–H and O–H groups in total.